The molecule has 4 N–H and O–H groups in total. The van der Waals surface area contributed by atoms with E-state index in [1.54, 1.807) is 12.3 Å². The number of nitrogens with zero attached hydrogens (tertiary/aromatic N) is 4. The predicted octanol–water partition coefficient (Wildman–Crippen LogP) is 4.87. The summed E-state index contributed by atoms with van der Waals surface area (Å²) in [5.74, 6) is 0.0609. The number of pyridine rings is 1. The summed E-state index contributed by atoms with van der Waals surface area (Å²) >= 11 is 0. The molecule has 1 amide bonds. The molecule has 4 heterocycles. The van der Waals surface area contributed by atoms with Crippen molar-refractivity contribution in [2.45, 2.75) is 19.5 Å². The van der Waals surface area contributed by atoms with E-state index < -0.39 is 11.9 Å². The molecule has 1 atom stereocenters. The maximum atomic E-state index is 13.5. The number of hydrogen-bond donors (Lipinski definition) is 3. The van der Waals surface area contributed by atoms with Crippen molar-refractivity contribution in [2.24, 2.45) is 7.05 Å². The third kappa shape index (κ3) is 5.38. The second-order valence-corrected chi connectivity index (χ2v) is 10.1. The van der Waals surface area contributed by atoms with Gasteiger partial charge in [0.2, 0.25) is 0 Å². The van der Waals surface area contributed by atoms with Crippen molar-refractivity contribution < 1.29 is 13.9 Å². The molecule has 0 saturated heterocycles. The number of amides is 1. The fourth-order valence-electron chi connectivity index (χ4n) is 4.97. The zero-order valence-corrected chi connectivity index (χ0v) is 23.1. The predicted molar refractivity (Wildman–Crippen MR) is 159 cm³/mol. The molecule has 2 aromatic carbocycles. The summed E-state index contributed by atoms with van der Waals surface area (Å²) in [7, 11) is 1.93. The van der Waals surface area contributed by atoms with Gasteiger partial charge in [0.15, 0.2) is 5.82 Å². The largest absolute Gasteiger partial charge is 0.383 e. The first kappa shape index (κ1) is 26.9. The lowest BCUT2D eigenvalue weighted by Gasteiger charge is -2.16. The van der Waals surface area contributed by atoms with Crippen LogP contribution in [0.2, 0.25) is 0 Å². The number of benzene rings is 1. The molecule has 0 bridgehead atoms. The van der Waals surface area contributed by atoms with E-state index in [9.17, 15) is 9.18 Å². The van der Waals surface area contributed by atoms with Crippen molar-refractivity contribution in [3.63, 3.8) is 0 Å². The van der Waals surface area contributed by atoms with Gasteiger partial charge in [-0.3, -0.25) is 4.79 Å². The average molecular weight is 562 g/mol. The summed E-state index contributed by atoms with van der Waals surface area (Å²) in [4.78, 5) is 26.6. The Kier molecular flexibility index (Phi) is 7.25. The van der Waals surface area contributed by atoms with Gasteiger partial charge in [-0.1, -0.05) is 36.4 Å². The number of carbonyl (C=O) groups excluding carboxylic acids is 1. The van der Waals surface area contributed by atoms with Crippen molar-refractivity contribution in [1.29, 1.82) is 0 Å². The Morgan fingerprint density at radius 3 is 2.71 bits per heavy atom. The number of halogens is 1. The molecule has 0 saturated carbocycles. The maximum Gasteiger partial charge on any atom is 0.255 e. The Morgan fingerprint density at radius 1 is 1.14 bits per heavy atom. The smallest absolute Gasteiger partial charge is 0.255 e. The van der Waals surface area contributed by atoms with E-state index in [4.69, 9.17) is 10.5 Å². The number of ether oxygens (including phenoxy) is 1. The molecule has 6 rings (SSSR count). The number of hydrogen-bond acceptors (Lipinski definition) is 7. The average Bonchev–Trinajstić information content (AvgIpc) is 3.66. The summed E-state index contributed by atoms with van der Waals surface area (Å²) in [6.07, 6.45) is 7.17. The Hall–Kier alpha value is -5.27. The molecular weight excluding hydrogens is 533 g/mol. The second-order valence-electron chi connectivity index (χ2n) is 10.1. The minimum atomic E-state index is -0.504. The third-order valence-corrected chi connectivity index (χ3v) is 7.27. The van der Waals surface area contributed by atoms with Gasteiger partial charge < -0.3 is 25.7 Å². The highest BCUT2D eigenvalue weighted by molar-refractivity contribution is 6.01. The van der Waals surface area contributed by atoms with Crippen LogP contribution in [0.3, 0.4) is 0 Å². The lowest BCUT2D eigenvalue weighted by Crippen LogP contribution is -2.28. The highest BCUT2D eigenvalue weighted by Gasteiger charge is 2.19. The van der Waals surface area contributed by atoms with Crippen LogP contribution in [0.1, 0.15) is 40.0 Å². The summed E-state index contributed by atoms with van der Waals surface area (Å²) in [6.45, 7) is 3.24. The fourth-order valence-corrected chi connectivity index (χ4v) is 4.97. The van der Waals surface area contributed by atoms with Crippen LogP contribution in [0.15, 0.2) is 67.3 Å². The lowest BCUT2D eigenvalue weighted by molar-refractivity contribution is 0.0940. The number of anilines is 2. The van der Waals surface area contributed by atoms with Crippen LogP contribution in [0.25, 0.3) is 27.7 Å². The van der Waals surface area contributed by atoms with Gasteiger partial charge in [0.05, 0.1) is 30.2 Å². The van der Waals surface area contributed by atoms with Gasteiger partial charge in [0, 0.05) is 37.1 Å². The van der Waals surface area contributed by atoms with E-state index in [2.05, 4.69) is 37.7 Å². The van der Waals surface area contributed by atoms with E-state index >= 15 is 0 Å². The lowest BCUT2D eigenvalue weighted by atomic mass is 10.0. The molecule has 5 aromatic rings. The number of nitrogen functional groups attached to an aromatic ring is 1. The molecule has 0 unspecified atom stereocenters. The van der Waals surface area contributed by atoms with Crippen LogP contribution in [-0.4, -0.2) is 38.6 Å². The van der Waals surface area contributed by atoms with Gasteiger partial charge in [-0.05, 0) is 53.5 Å². The monoisotopic (exact) mass is 561 g/mol. The molecule has 10 heteroatoms. The van der Waals surface area contributed by atoms with Crippen LogP contribution in [0, 0.1) is 17.9 Å². The van der Waals surface area contributed by atoms with E-state index in [1.807, 2.05) is 61.1 Å². The van der Waals surface area contributed by atoms with Crippen LogP contribution < -0.4 is 16.4 Å². The normalized spacial score (nSPS) is 13.5. The molecule has 210 valence electrons. The molecular formula is C32H28FN7O2. The molecule has 9 nitrogen and oxygen atoms in total. The van der Waals surface area contributed by atoms with Gasteiger partial charge >= 0.3 is 0 Å². The minimum absolute atomic E-state index is 0.317. The van der Waals surface area contributed by atoms with Gasteiger partial charge in [-0.2, -0.15) is 4.39 Å². The van der Waals surface area contributed by atoms with Crippen molar-refractivity contribution in [3.05, 3.63) is 107 Å². The van der Waals surface area contributed by atoms with Crippen LogP contribution in [0.5, 0.6) is 0 Å². The number of rotatable bonds is 8. The number of nitrogens with one attached hydrogen (secondary N) is 2. The number of fused-ring (bicyclic) bond motifs is 1. The summed E-state index contributed by atoms with van der Waals surface area (Å²) < 4.78 is 20.7. The van der Waals surface area contributed by atoms with Gasteiger partial charge in [0.1, 0.15) is 23.6 Å². The number of carbonyl (C=O) groups is 1. The zero-order chi connectivity index (χ0) is 29.2. The highest BCUT2D eigenvalue weighted by Crippen LogP contribution is 2.32. The maximum absolute atomic E-state index is 13.5. The molecule has 1 aliphatic rings. The van der Waals surface area contributed by atoms with E-state index in [1.165, 1.54) is 12.4 Å². The van der Waals surface area contributed by atoms with Crippen molar-refractivity contribution in [2.75, 3.05) is 24.3 Å². The Labute approximate surface area is 242 Å². The second kappa shape index (κ2) is 11.3. The number of aromatic nitrogens is 4. The molecule has 1 aliphatic heterocycles. The topological polar surface area (TPSA) is 120 Å². The summed E-state index contributed by atoms with van der Waals surface area (Å²) in [5.41, 5.74) is 12.7. The minimum Gasteiger partial charge on any atom is -0.383 e. The Balaban J connectivity index is 1.23. The SMILES string of the molecule is C[C@H](NC(=O)c1cc(C2=CCOC2)cnc1NCc1ccc(-c2cn(C)c3ncnc(N)c23)cc1)c1c#cc(F)cc1. The first-order valence-electron chi connectivity index (χ1n) is 13.4. The van der Waals surface area contributed by atoms with Crippen LogP contribution >= 0.6 is 0 Å². The molecule has 42 heavy (non-hydrogen) atoms. The molecule has 0 radical (unpaired) electrons. The molecule has 3 aromatic heterocycles. The van der Waals surface area contributed by atoms with Crippen molar-refractivity contribution >= 4 is 34.1 Å². The first-order chi connectivity index (χ1) is 20.4. The Bertz CT molecular complexity index is 1800. The summed E-state index contributed by atoms with van der Waals surface area (Å²) in [5, 5.41) is 7.11. The van der Waals surface area contributed by atoms with Crippen molar-refractivity contribution in [1.82, 2.24) is 24.8 Å². The van der Waals surface area contributed by atoms with Gasteiger partial charge in [-0.25, -0.2) is 15.0 Å². The highest BCUT2D eigenvalue weighted by atomic mass is 19.1. The zero-order valence-electron chi connectivity index (χ0n) is 23.1. The van der Waals surface area contributed by atoms with Gasteiger partial charge in [0.25, 0.3) is 5.91 Å². The first-order valence-corrected chi connectivity index (χ1v) is 13.4. The fraction of sp³-hybridized carbons (Fsp3) is 0.188. The Morgan fingerprint density at radius 2 is 1.98 bits per heavy atom. The van der Waals surface area contributed by atoms with E-state index in [0.717, 1.165) is 38.9 Å². The van der Waals surface area contributed by atoms with E-state index in [0.29, 0.717) is 42.5 Å². The van der Waals surface area contributed by atoms with Crippen LogP contribution in [-0.2, 0) is 18.3 Å². The quantitative estimate of drug-likeness (QED) is 0.247. The number of nitrogens with two attached hydrogens (primary N) is 1. The standard InChI is InChI=1S/C32H28FN7O2/c1-19(21-7-9-25(33)10-8-21)39-32(41)26-13-24(23-11-12-42-17-23)15-36-30(26)35-14-20-3-5-22(6-4-20)27-16-40(2)31-28(27)29(34)37-18-38-31/h3-7,9,11,13,15-16,18-19H,12,14,17H2,1-2H3,(H,35,36)(H,39,41)(H2,34,37,38)/t19-/m0/s1. The molecule has 0 aliphatic carbocycles. The van der Waals surface area contributed by atoms with Gasteiger partial charge in [-0.15, -0.1) is 0 Å². The molecule has 0 fully saturated rings. The van der Waals surface area contributed by atoms with Crippen molar-refractivity contribution in [3.8, 4) is 11.1 Å². The third-order valence-electron chi connectivity index (χ3n) is 7.27. The van der Waals surface area contributed by atoms with E-state index in [-0.39, 0.29) is 5.91 Å². The van der Waals surface area contributed by atoms with Crippen LogP contribution in [0.4, 0.5) is 16.0 Å². The molecule has 0 spiro atoms. The number of aryl methyl sites for hydroxylation is 1. The summed E-state index contributed by atoms with van der Waals surface area (Å²) in [6, 6.07) is 17.5.